The van der Waals surface area contributed by atoms with Crippen LogP contribution in [0.4, 0.5) is 5.69 Å². The molecule has 1 unspecified atom stereocenters. The number of rotatable bonds is 9. The van der Waals surface area contributed by atoms with Crippen molar-refractivity contribution >= 4 is 23.1 Å². The standard InChI is InChI=1S/C28H35N3O6/c1-6-30(7-2)12-13-31-25(18-8-11-22(35-4)23(17-18)36-5)24(27(33)28(31)34)26(32)19-9-10-21-20(16-19)29(3)14-15-37-21/h8-11,16-17,25,32H,6-7,12-15H2,1-5H3/b26-24+. The molecule has 2 aliphatic rings. The van der Waals surface area contributed by atoms with Crippen LogP contribution < -0.4 is 19.1 Å². The molecule has 4 rings (SSSR count). The van der Waals surface area contributed by atoms with Gasteiger partial charge in [0.1, 0.15) is 18.1 Å². The van der Waals surface area contributed by atoms with Crippen LogP contribution >= 0.6 is 0 Å². The number of aliphatic hydroxyl groups excluding tert-OH is 1. The van der Waals surface area contributed by atoms with Crippen molar-refractivity contribution in [2.24, 2.45) is 0 Å². The molecule has 198 valence electrons. The average Bonchev–Trinajstić information content (AvgIpc) is 3.17. The number of Topliss-reactive ketones (excluding diaryl/α,β-unsaturated/α-hetero) is 1. The lowest BCUT2D eigenvalue weighted by Crippen LogP contribution is -2.38. The van der Waals surface area contributed by atoms with E-state index >= 15 is 0 Å². The Morgan fingerprint density at radius 1 is 1.08 bits per heavy atom. The number of hydrogen-bond donors (Lipinski definition) is 1. The molecule has 0 aliphatic carbocycles. The number of anilines is 1. The maximum Gasteiger partial charge on any atom is 0.295 e. The van der Waals surface area contributed by atoms with Crippen LogP contribution in [0.5, 0.6) is 17.2 Å². The average molecular weight is 510 g/mol. The predicted molar refractivity (Wildman–Crippen MR) is 142 cm³/mol. The third-order valence-electron chi connectivity index (χ3n) is 7.14. The monoisotopic (exact) mass is 509 g/mol. The molecular formula is C28H35N3O6. The summed E-state index contributed by atoms with van der Waals surface area (Å²) in [5, 5.41) is 11.5. The van der Waals surface area contributed by atoms with Crippen molar-refractivity contribution in [1.82, 2.24) is 9.80 Å². The van der Waals surface area contributed by atoms with Crippen molar-refractivity contribution in [2.45, 2.75) is 19.9 Å². The lowest BCUT2D eigenvalue weighted by atomic mass is 9.94. The van der Waals surface area contributed by atoms with Crippen LogP contribution in [0.3, 0.4) is 0 Å². The van der Waals surface area contributed by atoms with Crippen LogP contribution in [0.25, 0.3) is 5.76 Å². The number of benzene rings is 2. The highest BCUT2D eigenvalue weighted by atomic mass is 16.5. The van der Waals surface area contributed by atoms with Gasteiger partial charge in [-0.15, -0.1) is 0 Å². The zero-order chi connectivity index (χ0) is 26.7. The minimum absolute atomic E-state index is 0.0519. The molecule has 0 radical (unpaired) electrons. The van der Waals surface area contributed by atoms with Crippen LogP contribution in [0.1, 0.15) is 31.0 Å². The number of ketones is 1. The van der Waals surface area contributed by atoms with Gasteiger partial charge in [-0.1, -0.05) is 19.9 Å². The van der Waals surface area contributed by atoms with Gasteiger partial charge in [-0.3, -0.25) is 9.59 Å². The quantitative estimate of drug-likeness (QED) is 0.313. The fraction of sp³-hybridized carbons (Fsp3) is 0.429. The maximum absolute atomic E-state index is 13.4. The molecule has 1 N–H and O–H groups in total. The Balaban J connectivity index is 1.84. The Morgan fingerprint density at radius 3 is 2.49 bits per heavy atom. The first-order chi connectivity index (χ1) is 17.8. The molecule has 9 nitrogen and oxygen atoms in total. The fourth-order valence-corrected chi connectivity index (χ4v) is 4.92. The van der Waals surface area contributed by atoms with Gasteiger partial charge >= 0.3 is 0 Å². The first kappa shape index (κ1) is 26.3. The summed E-state index contributed by atoms with van der Waals surface area (Å²) < 4.78 is 16.6. The van der Waals surface area contributed by atoms with E-state index in [-0.39, 0.29) is 11.3 Å². The maximum atomic E-state index is 13.4. The largest absolute Gasteiger partial charge is 0.507 e. The minimum atomic E-state index is -0.777. The number of carbonyl (C=O) groups excluding carboxylic acids is 2. The number of ether oxygens (including phenoxy) is 3. The van der Waals surface area contributed by atoms with E-state index in [2.05, 4.69) is 18.7 Å². The summed E-state index contributed by atoms with van der Waals surface area (Å²) >= 11 is 0. The zero-order valence-corrected chi connectivity index (χ0v) is 22.1. The first-order valence-corrected chi connectivity index (χ1v) is 12.6. The normalized spacial score (nSPS) is 18.7. The second-order valence-corrected chi connectivity index (χ2v) is 9.09. The fourth-order valence-electron chi connectivity index (χ4n) is 4.92. The third kappa shape index (κ3) is 4.96. The first-order valence-electron chi connectivity index (χ1n) is 12.6. The Bertz CT molecular complexity index is 1210. The lowest BCUT2D eigenvalue weighted by Gasteiger charge is -2.29. The van der Waals surface area contributed by atoms with Crippen molar-refractivity contribution in [3.63, 3.8) is 0 Å². The van der Waals surface area contributed by atoms with Crippen LogP contribution in [-0.2, 0) is 9.59 Å². The van der Waals surface area contributed by atoms with Gasteiger partial charge in [-0.25, -0.2) is 0 Å². The summed E-state index contributed by atoms with van der Waals surface area (Å²) in [6, 6.07) is 9.79. The van der Waals surface area contributed by atoms with E-state index in [4.69, 9.17) is 14.2 Å². The molecule has 0 saturated carbocycles. The summed E-state index contributed by atoms with van der Waals surface area (Å²) in [4.78, 5) is 32.5. The topological polar surface area (TPSA) is 91.8 Å². The van der Waals surface area contributed by atoms with E-state index < -0.39 is 17.7 Å². The molecule has 0 spiro atoms. The zero-order valence-electron chi connectivity index (χ0n) is 22.1. The minimum Gasteiger partial charge on any atom is -0.507 e. The Labute approximate surface area is 217 Å². The highest BCUT2D eigenvalue weighted by Crippen LogP contribution is 2.43. The van der Waals surface area contributed by atoms with Crippen molar-refractivity contribution in [3.05, 3.63) is 53.1 Å². The van der Waals surface area contributed by atoms with Crippen LogP contribution in [0.15, 0.2) is 42.0 Å². The van der Waals surface area contributed by atoms with Gasteiger partial charge in [0.25, 0.3) is 11.7 Å². The number of carbonyl (C=O) groups is 2. The summed E-state index contributed by atoms with van der Waals surface area (Å²) in [6.45, 7) is 7.98. The van der Waals surface area contributed by atoms with Gasteiger partial charge in [0.05, 0.1) is 38.1 Å². The van der Waals surface area contributed by atoms with Gasteiger partial charge in [0.2, 0.25) is 0 Å². The Kier molecular flexibility index (Phi) is 7.92. The second-order valence-electron chi connectivity index (χ2n) is 9.09. The predicted octanol–water partition coefficient (Wildman–Crippen LogP) is 3.30. The number of nitrogens with zero attached hydrogens (tertiary/aromatic N) is 3. The molecule has 1 amide bonds. The molecule has 2 aliphatic heterocycles. The molecule has 1 saturated heterocycles. The lowest BCUT2D eigenvalue weighted by molar-refractivity contribution is -0.140. The van der Waals surface area contributed by atoms with Gasteiger partial charge in [-0.05, 0) is 49.0 Å². The summed E-state index contributed by atoms with van der Waals surface area (Å²) in [6.07, 6.45) is 0. The molecule has 0 aromatic heterocycles. The highest BCUT2D eigenvalue weighted by Gasteiger charge is 2.46. The van der Waals surface area contributed by atoms with E-state index in [0.29, 0.717) is 54.6 Å². The Hall–Kier alpha value is -3.72. The molecule has 0 bridgehead atoms. The van der Waals surface area contributed by atoms with Crippen LogP contribution in [-0.4, -0.2) is 87.2 Å². The highest BCUT2D eigenvalue weighted by molar-refractivity contribution is 6.46. The number of amides is 1. The molecule has 2 aromatic rings. The van der Waals surface area contributed by atoms with Gasteiger partial charge < -0.3 is 34.0 Å². The van der Waals surface area contributed by atoms with Gasteiger partial charge in [0.15, 0.2) is 11.5 Å². The smallest absolute Gasteiger partial charge is 0.295 e. The van der Waals surface area contributed by atoms with E-state index in [1.807, 2.05) is 11.9 Å². The van der Waals surface area contributed by atoms with E-state index in [1.54, 1.807) is 48.4 Å². The molecule has 2 aromatic carbocycles. The number of aliphatic hydroxyl groups is 1. The summed E-state index contributed by atoms with van der Waals surface area (Å²) in [7, 11) is 5.02. The van der Waals surface area contributed by atoms with Crippen molar-refractivity contribution in [2.75, 3.05) is 65.5 Å². The van der Waals surface area contributed by atoms with Crippen molar-refractivity contribution in [1.29, 1.82) is 0 Å². The summed E-state index contributed by atoms with van der Waals surface area (Å²) in [5.74, 6) is 0.156. The number of methoxy groups -OCH3 is 2. The molecule has 2 heterocycles. The van der Waals surface area contributed by atoms with Crippen LogP contribution in [0.2, 0.25) is 0 Å². The van der Waals surface area contributed by atoms with Crippen molar-refractivity contribution < 1.29 is 28.9 Å². The van der Waals surface area contributed by atoms with E-state index in [0.717, 1.165) is 18.8 Å². The molecule has 37 heavy (non-hydrogen) atoms. The molecule has 1 fully saturated rings. The second kappa shape index (κ2) is 11.1. The third-order valence-corrected chi connectivity index (χ3v) is 7.14. The Morgan fingerprint density at radius 2 is 1.81 bits per heavy atom. The van der Waals surface area contributed by atoms with Crippen molar-refractivity contribution in [3.8, 4) is 17.2 Å². The number of likely N-dealkylation sites (tertiary alicyclic amines) is 1. The SMILES string of the molecule is CCN(CC)CCN1C(=O)C(=O)/C(=C(/O)c2ccc3c(c2)N(C)CCO3)C1c1ccc(OC)c(OC)c1. The molecule has 1 atom stereocenters. The molecule has 9 heteroatoms. The number of likely N-dealkylation sites (N-methyl/N-ethyl adjacent to an activating group) is 2. The number of hydrogen-bond acceptors (Lipinski definition) is 8. The van der Waals surface area contributed by atoms with Crippen LogP contribution in [0, 0.1) is 0 Å². The number of fused-ring (bicyclic) bond motifs is 1. The summed E-state index contributed by atoms with van der Waals surface area (Å²) in [5.41, 5.74) is 1.96. The van der Waals surface area contributed by atoms with Gasteiger partial charge in [-0.2, -0.15) is 0 Å². The van der Waals surface area contributed by atoms with Gasteiger partial charge in [0, 0.05) is 25.7 Å². The van der Waals surface area contributed by atoms with E-state index in [9.17, 15) is 14.7 Å². The van der Waals surface area contributed by atoms with E-state index in [1.165, 1.54) is 7.11 Å². The molecular weight excluding hydrogens is 474 g/mol.